The molecule has 0 radical (unpaired) electrons. The highest BCUT2D eigenvalue weighted by Crippen LogP contribution is 2.25. The Labute approximate surface area is 143 Å². The van der Waals surface area contributed by atoms with Gasteiger partial charge in [0.15, 0.2) is 0 Å². The third-order valence-corrected chi connectivity index (χ3v) is 3.43. The van der Waals surface area contributed by atoms with E-state index in [1.807, 2.05) is 6.07 Å². The van der Waals surface area contributed by atoms with E-state index in [1.165, 1.54) is 12.1 Å². The first-order chi connectivity index (χ1) is 11.5. The monoisotopic (exact) mass is 349 g/mol. The van der Waals surface area contributed by atoms with Gasteiger partial charge in [-0.15, -0.1) is 0 Å². The van der Waals surface area contributed by atoms with Gasteiger partial charge in [-0.3, -0.25) is 10.1 Å². The summed E-state index contributed by atoms with van der Waals surface area (Å²) in [5, 5.41) is 29.5. The first-order valence-corrected chi connectivity index (χ1v) is 7.36. The molecule has 24 heavy (non-hydrogen) atoms. The van der Waals surface area contributed by atoms with Crippen LogP contribution in [0.3, 0.4) is 0 Å². The van der Waals surface area contributed by atoms with Crippen LogP contribution in [0, 0.1) is 10.1 Å². The van der Waals surface area contributed by atoms with Crippen molar-refractivity contribution in [2.45, 2.75) is 19.8 Å². The summed E-state index contributed by atoms with van der Waals surface area (Å²) >= 11 is 4.95. The number of benzene rings is 2. The highest BCUT2D eigenvalue weighted by molar-refractivity contribution is 7.79. The Morgan fingerprint density at radius 3 is 2.29 bits per heavy atom. The number of hydrogen-bond donors (Lipinski definition) is 2. The summed E-state index contributed by atoms with van der Waals surface area (Å²) in [4.78, 5) is 10.6. The third-order valence-electron chi connectivity index (χ3n) is 3.23. The van der Waals surface area contributed by atoms with Crippen molar-refractivity contribution >= 4 is 23.1 Å². The quantitative estimate of drug-likeness (QED) is 0.469. The zero-order valence-electron chi connectivity index (χ0n) is 12.5. The molecule has 8 heteroatoms. The molecule has 0 amide bonds. The second-order valence-electron chi connectivity index (χ2n) is 4.78. The minimum absolute atomic E-state index is 0.174. The molecular formula is C16H15NO6S. The Hall–Kier alpha value is -2.55. The molecule has 2 aromatic rings. The topological polar surface area (TPSA) is 102 Å². The molecule has 2 N–H and O–H groups in total. The summed E-state index contributed by atoms with van der Waals surface area (Å²) < 4.78 is 10.5. The molecule has 0 atom stereocenters. The summed E-state index contributed by atoms with van der Waals surface area (Å²) in [5.41, 5.74) is 0.673. The second kappa shape index (κ2) is 8.34. The SMILES string of the molecule is O=[N+]([O-])c1cc(CO)c(CO)cc1COC(=S)Oc1ccccc1. The molecule has 2 rings (SSSR count). The Balaban J connectivity index is 2.13. The number of nitro groups is 1. The lowest BCUT2D eigenvalue weighted by atomic mass is 10.0. The smallest absolute Gasteiger partial charge is 0.358 e. The van der Waals surface area contributed by atoms with Crippen molar-refractivity contribution in [2.75, 3.05) is 0 Å². The first-order valence-electron chi connectivity index (χ1n) is 6.95. The maximum atomic E-state index is 11.2. The van der Waals surface area contributed by atoms with Gasteiger partial charge in [0.25, 0.3) is 5.69 Å². The normalized spacial score (nSPS) is 10.2. The summed E-state index contributed by atoms with van der Waals surface area (Å²) in [6, 6.07) is 11.4. The fraction of sp³-hybridized carbons (Fsp3) is 0.188. The van der Waals surface area contributed by atoms with E-state index in [1.54, 1.807) is 24.3 Å². The molecule has 0 aliphatic heterocycles. The van der Waals surface area contributed by atoms with Crippen LogP contribution < -0.4 is 4.74 Å². The summed E-state index contributed by atoms with van der Waals surface area (Å²) in [7, 11) is 0. The Bertz CT molecular complexity index is 735. The minimum atomic E-state index is -0.583. The molecule has 0 saturated carbocycles. The van der Waals surface area contributed by atoms with Crippen molar-refractivity contribution in [3.8, 4) is 5.75 Å². The maximum absolute atomic E-state index is 11.2. The fourth-order valence-electron chi connectivity index (χ4n) is 2.06. The van der Waals surface area contributed by atoms with Crippen LogP contribution in [0.1, 0.15) is 16.7 Å². The van der Waals surface area contributed by atoms with E-state index in [2.05, 4.69) is 0 Å². The van der Waals surface area contributed by atoms with Crippen LogP contribution >= 0.6 is 12.2 Å². The molecule has 0 saturated heterocycles. The van der Waals surface area contributed by atoms with Gasteiger partial charge in [0, 0.05) is 18.3 Å². The van der Waals surface area contributed by atoms with Crippen molar-refractivity contribution in [2.24, 2.45) is 0 Å². The number of aliphatic hydroxyl groups excluding tert-OH is 2. The van der Waals surface area contributed by atoms with Crippen LogP contribution in [0.25, 0.3) is 0 Å². The van der Waals surface area contributed by atoms with Crippen LogP contribution in [0.4, 0.5) is 5.69 Å². The van der Waals surface area contributed by atoms with E-state index in [9.17, 15) is 20.3 Å². The van der Waals surface area contributed by atoms with Gasteiger partial charge in [0.1, 0.15) is 12.4 Å². The van der Waals surface area contributed by atoms with Crippen molar-refractivity contribution in [1.82, 2.24) is 0 Å². The lowest BCUT2D eigenvalue weighted by molar-refractivity contribution is -0.385. The van der Waals surface area contributed by atoms with E-state index in [-0.39, 0.29) is 35.3 Å². The van der Waals surface area contributed by atoms with Crippen LogP contribution in [-0.2, 0) is 24.6 Å². The zero-order chi connectivity index (χ0) is 17.5. The number of nitrogens with zero attached hydrogens (tertiary/aromatic N) is 1. The lowest BCUT2D eigenvalue weighted by Crippen LogP contribution is -2.11. The number of thiocarbonyl (C=S) groups is 1. The zero-order valence-corrected chi connectivity index (χ0v) is 13.4. The van der Waals surface area contributed by atoms with E-state index in [4.69, 9.17) is 21.7 Å². The average Bonchev–Trinajstić information content (AvgIpc) is 2.59. The molecule has 2 aromatic carbocycles. The predicted octanol–water partition coefficient (Wildman–Crippen LogP) is 2.46. The standard InChI is InChI=1S/C16H15NO6S/c18-8-11-6-13(15(17(20)21)7-12(11)9-19)10-22-16(24)23-14-4-2-1-3-5-14/h1-7,18-19H,8-10H2. The van der Waals surface area contributed by atoms with Crippen molar-refractivity contribution < 1.29 is 24.6 Å². The Morgan fingerprint density at radius 2 is 1.71 bits per heavy atom. The van der Waals surface area contributed by atoms with E-state index in [0.29, 0.717) is 11.3 Å². The number of rotatable bonds is 6. The Morgan fingerprint density at radius 1 is 1.08 bits per heavy atom. The number of hydrogen-bond acceptors (Lipinski definition) is 7. The first kappa shape index (κ1) is 17.8. The number of ether oxygens (including phenoxy) is 2. The van der Waals surface area contributed by atoms with Crippen LogP contribution in [0.15, 0.2) is 42.5 Å². The lowest BCUT2D eigenvalue weighted by Gasteiger charge is -2.11. The Kier molecular flexibility index (Phi) is 6.19. The van der Waals surface area contributed by atoms with Gasteiger partial charge in [-0.2, -0.15) is 0 Å². The molecule has 0 aromatic heterocycles. The summed E-state index contributed by atoms with van der Waals surface area (Å²) in [5.74, 6) is 0.490. The molecule has 0 aliphatic carbocycles. The molecule has 126 valence electrons. The molecule has 0 unspecified atom stereocenters. The summed E-state index contributed by atoms with van der Waals surface area (Å²) in [6.07, 6.45) is 0. The average molecular weight is 349 g/mol. The maximum Gasteiger partial charge on any atom is 0.358 e. The van der Waals surface area contributed by atoms with Crippen LogP contribution in [0.2, 0.25) is 0 Å². The van der Waals surface area contributed by atoms with Gasteiger partial charge in [-0.05, 0) is 29.3 Å². The van der Waals surface area contributed by atoms with Gasteiger partial charge >= 0.3 is 5.24 Å². The van der Waals surface area contributed by atoms with Crippen molar-refractivity contribution in [3.63, 3.8) is 0 Å². The van der Waals surface area contributed by atoms with E-state index >= 15 is 0 Å². The number of nitro benzene ring substituents is 1. The van der Waals surface area contributed by atoms with Gasteiger partial charge in [-0.25, -0.2) is 0 Å². The highest BCUT2D eigenvalue weighted by atomic mass is 32.1. The number of aliphatic hydroxyl groups is 2. The van der Waals surface area contributed by atoms with Gasteiger partial charge in [0.2, 0.25) is 0 Å². The third kappa shape index (κ3) is 4.48. The molecule has 7 nitrogen and oxygen atoms in total. The van der Waals surface area contributed by atoms with Crippen LogP contribution in [0.5, 0.6) is 5.75 Å². The van der Waals surface area contributed by atoms with E-state index < -0.39 is 11.5 Å². The number of para-hydroxylation sites is 1. The second-order valence-corrected chi connectivity index (χ2v) is 5.11. The van der Waals surface area contributed by atoms with Crippen molar-refractivity contribution in [3.05, 3.63) is 69.3 Å². The minimum Gasteiger partial charge on any atom is -0.451 e. The van der Waals surface area contributed by atoms with Gasteiger partial charge < -0.3 is 19.7 Å². The largest absolute Gasteiger partial charge is 0.451 e. The highest BCUT2D eigenvalue weighted by Gasteiger charge is 2.19. The summed E-state index contributed by atoms with van der Waals surface area (Å²) in [6.45, 7) is -0.958. The van der Waals surface area contributed by atoms with Crippen molar-refractivity contribution in [1.29, 1.82) is 0 Å². The van der Waals surface area contributed by atoms with Crippen LogP contribution in [-0.4, -0.2) is 20.4 Å². The molecule has 0 fully saturated rings. The van der Waals surface area contributed by atoms with E-state index in [0.717, 1.165) is 0 Å². The van der Waals surface area contributed by atoms with Gasteiger partial charge in [0.05, 0.1) is 23.7 Å². The fourth-order valence-corrected chi connectivity index (χ4v) is 2.21. The molecular weight excluding hydrogens is 334 g/mol. The van der Waals surface area contributed by atoms with Gasteiger partial charge in [-0.1, -0.05) is 18.2 Å². The molecule has 0 bridgehead atoms. The predicted molar refractivity (Wildman–Crippen MR) is 89.4 cm³/mol. The molecule has 0 heterocycles. The molecule has 0 spiro atoms. The molecule has 0 aliphatic rings.